The van der Waals surface area contributed by atoms with E-state index in [9.17, 15) is 4.39 Å². The lowest BCUT2D eigenvalue weighted by Gasteiger charge is -2.05. The van der Waals surface area contributed by atoms with Gasteiger partial charge in [-0.1, -0.05) is 12.8 Å². The summed E-state index contributed by atoms with van der Waals surface area (Å²) in [5.41, 5.74) is 6.63. The van der Waals surface area contributed by atoms with Crippen LogP contribution in [0.25, 0.3) is 11.4 Å². The predicted octanol–water partition coefficient (Wildman–Crippen LogP) is 1.86. The van der Waals surface area contributed by atoms with E-state index < -0.39 is 0 Å². The first-order valence-electron chi connectivity index (χ1n) is 6.05. The molecule has 1 heterocycles. The quantitative estimate of drug-likeness (QED) is 0.837. The van der Waals surface area contributed by atoms with Crippen LogP contribution < -0.4 is 5.73 Å². The molecule has 1 fully saturated rings. The van der Waals surface area contributed by atoms with Crippen molar-refractivity contribution < 1.29 is 4.39 Å². The molecule has 3 rings (SSSR count). The van der Waals surface area contributed by atoms with Crippen LogP contribution in [0, 0.1) is 11.7 Å². The van der Waals surface area contributed by atoms with E-state index in [1.54, 1.807) is 10.7 Å². The van der Waals surface area contributed by atoms with E-state index in [4.69, 9.17) is 5.73 Å². The number of nitrogens with zero attached hydrogens (tertiary/aromatic N) is 4. The Balaban J connectivity index is 1.87. The third-order valence-corrected chi connectivity index (χ3v) is 3.16. The molecule has 1 saturated carbocycles. The molecule has 0 spiro atoms. The lowest BCUT2D eigenvalue weighted by atomic mass is 10.2. The van der Waals surface area contributed by atoms with Crippen molar-refractivity contribution in [2.75, 3.05) is 5.73 Å². The van der Waals surface area contributed by atoms with Crippen molar-refractivity contribution in [3.05, 3.63) is 24.0 Å². The molecule has 0 amide bonds. The van der Waals surface area contributed by atoms with Crippen LogP contribution in [0.2, 0.25) is 0 Å². The molecule has 2 aromatic rings. The van der Waals surface area contributed by atoms with Gasteiger partial charge in [-0.2, -0.15) is 0 Å². The Labute approximate surface area is 104 Å². The molecule has 0 radical (unpaired) electrons. The van der Waals surface area contributed by atoms with Gasteiger partial charge in [0.05, 0.1) is 0 Å². The van der Waals surface area contributed by atoms with E-state index in [0.29, 0.717) is 17.1 Å². The van der Waals surface area contributed by atoms with Crippen LogP contribution in [0.4, 0.5) is 10.1 Å². The molecule has 0 saturated heterocycles. The van der Waals surface area contributed by atoms with Gasteiger partial charge in [-0.25, -0.2) is 9.07 Å². The minimum absolute atomic E-state index is 0.373. The van der Waals surface area contributed by atoms with Crippen molar-refractivity contribution in [1.82, 2.24) is 20.2 Å². The Hall–Kier alpha value is -1.98. The van der Waals surface area contributed by atoms with Crippen molar-refractivity contribution >= 4 is 5.69 Å². The summed E-state index contributed by atoms with van der Waals surface area (Å²) in [6.45, 7) is 0.767. The van der Waals surface area contributed by atoms with Crippen LogP contribution in [0.3, 0.4) is 0 Å². The molecule has 5 nitrogen and oxygen atoms in total. The van der Waals surface area contributed by atoms with E-state index in [0.717, 1.165) is 18.9 Å². The first kappa shape index (κ1) is 11.1. The molecule has 0 unspecified atom stereocenters. The maximum Gasteiger partial charge on any atom is 0.182 e. The average Bonchev–Trinajstić information content (AvgIpc) is 3.02. The number of halogens is 1. The molecule has 1 aromatic heterocycles. The monoisotopic (exact) mass is 247 g/mol. The van der Waals surface area contributed by atoms with E-state index in [1.165, 1.54) is 25.0 Å². The normalized spacial score (nSPS) is 14.9. The number of rotatable bonds is 4. The zero-order valence-corrected chi connectivity index (χ0v) is 9.88. The van der Waals surface area contributed by atoms with Crippen LogP contribution >= 0.6 is 0 Å². The van der Waals surface area contributed by atoms with Crippen molar-refractivity contribution in [1.29, 1.82) is 0 Å². The van der Waals surface area contributed by atoms with Crippen molar-refractivity contribution in [3.8, 4) is 11.4 Å². The molecule has 0 bridgehead atoms. The molecule has 18 heavy (non-hydrogen) atoms. The standard InChI is InChI=1S/C12H14FN5/c13-10-5-9(6-11(14)7-10)12-15-16-17-18(12)4-3-8-1-2-8/h5-8H,1-4,14H2. The van der Waals surface area contributed by atoms with Gasteiger partial charge in [-0.05, 0) is 41.0 Å². The Morgan fingerprint density at radius 1 is 1.33 bits per heavy atom. The zero-order chi connectivity index (χ0) is 12.5. The van der Waals surface area contributed by atoms with Gasteiger partial charge in [-0.15, -0.1) is 5.10 Å². The third-order valence-electron chi connectivity index (χ3n) is 3.16. The SMILES string of the molecule is Nc1cc(F)cc(-c2nnnn2CCC2CC2)c1. The minimum atomic E-state index is -0.373. The van der Waals surface area contributed by atoms with Gasteiger partial charge in [-0.3, -0.25) is 0 Å². The third kappa shape index (κ3) is 2.32. The zero-order valence-electron chi connectivity index (χ0n) is 9.88. The molecule has 1 aromatic carbocycles. The van der Waals surface area contributed by atoms with Gasteiger partial charge >= 0.3 is 0 Å². The summed E-state index contributed by atoms with van der Waals surface area (Å²) in [6.07, 6.45) is 3.66. The molecule has 0 atom stereocenters. The summed E-state index contributed by atoms with van der Waals surface area (Å²) < 4.78 is 15.0. The minimum Gasteiger partial charge on any atom is -0.399 e. The van der Waals surface area contributed by atoms with Gasteiger partial charge in [0.2, 0.25) is 0 Å². The van der Waals surface area contributed by atoms with Crippen molar-refractivity contribution in [3.63, 3.8) is 0 Å². The Morgan fingerprint density at radius 2 is 2.17 bits per heavy atom. The van der Waals surface area contributed by atoms with Crippen molar-refractivity contribution in [2.45, 2.75) is 25.8 Å². The largest absolute Gasteiger partial charge is 0.399 e. The number of nitrogens with two attached hydrogens (primary N) is 1. The van der Waals surface area contributed by atoms with E-state index in [2.05, 4.69) is 15.5 Å². The van der Waals surface area contributed by atoms with E-state index in [-0.39, 0.29) is 5.82 Å². The number of aryl methyl sites for hydroxylation is 1. The van der Waals surface area contributed by atoms with Gasteiger partial charge in [0.15, 0.2) is 5.82 Å². The van der Waals surface area contributed by atoms with Crippen LogP contribution in [0.1, 0.15) is 19.3 Å². The first-order valence-corrected chi connectivity index (χ1v) is 6.05. The molecule has 1 aliphatic rings. The fourth-order valence-corrected chi connectivity index (χ4v) is 2.01. The first-order chi connectivity index (χ1) is 8.72. The number of hydrogen-bond donors (Lipinski definition) is 1. The van der Waals surface area contributed by atoms with E-state index >= 15 is 0 Å². The fourth-order valence-electron chi connectivity index (χ4n) is 2.01. The molecule has 6 heteroatoms. The number of tetrazole rings is 1. The maximum absolute atomic E-state index is 13.3. The highest BCUT2D eigenvalue weighted by molar-refractivity contribution is 5.61. The van der Waals surface area contributed by atoms with Crippen LogP contribution in [0.5, 0.6) is 0 Å². The van der Waals surface area contributed by atoms with Gasteiger partial charge < -0.3 is 5.73 Å². The average molecular weight is 247 g/mol. The van der Waals surface area contributed by atoms with E-state index in [1.807, 2.05) is 0 Å². The highest BCUT2D eigenvalue weighted by Crippen LogP contribution is 2.33. The second-order valence-corrected chi connectivity index (χ2v) is 4.73. The number of aromatic nitrogens is 4. The van der Waals surface area contributed by atoms with Crippen molar-refractivity contribution in [2.24, 2.45) is 5.92 Å². The Kier molecular flexibility index (Phi) is 2.70. The lowest BCUT2D eigenvalue weighted by molar-refractivity contribution is 0.535. The predicted molar refractivity (Wildman–Crippen MR) is 65.0 cm³/mol. The summed E-state index contributed by atoms with van der Waals surface area (Å²) in [6, 6.07) is 4.36. The molecule has 2 N–H and O–H groups in total. The number of hydrogen-bond acceptors (Lipinski definition) is 4. The Bertz CT molecular complexity index is 541. The molecular formula is C12H14FN5. The second-order valence-electron chi connectivity index (χ2n) is 4.73. The topological polar surface area (TPSA) is 69.6 Å². The Morgan fingerprint density at radius 3 is 2.89 bits per heavy atom. The van der Waals surface area contributed by atoms with Gasteiger partial charge in [0.25, 0.3) is 0 Å². The number of nitrogen functional groups attached to an aromatic ring is 1. The number of anilines is 1. The number of benzene rings is 1. The smallest absolute Gasteiger partial charge is 0.182 e. The summed E-state index contributed by atoms with van der Waals surface area (Å²) >= 11 is 0. The summed E-state index contributed by atoms with van der Waals surface area (Å²) in [7, 11) is 0. The lowest BCUT2D eigenvalue weighted by Crippen LogP contribution is -2.04. The van der Waals surface area contributed by atoms with Gasteiger partial charge in [0.1, 0.15) is 5.82 Å². The highest BCUT2D eigenvalue weighted by Gasteiger charge is 2.21. The molecule has 0 aliphatic heterocycles. The summed E-state index contributed by atoms with van der Waals surface area (Å²) in [5, 5.41) is 11.5. The fraction of sp³-hybridized carbons (Fsp3) is 0.417. The van der Waals surface area contributed by atoms with Crippen LogP contribution in [-0.2, 0) is 6.54 Å². The second kappa shape index (κ2) is 4.36. The maximum atomic E-state index is 13.3. The van der Waals surface area contributed by atoms with Crippen LogP contribution in [0.15, 0.2) is 18.2 Å². The summed E-state index contributed by atoms with van der Waals surface area (Å²) in [4.78, 5) is 0. The summed E-state index contributed by atoms with van der Waals surface area (Å²) in [5.74, 6) is 1.00. The van der Waals surface area contributed by atoms with Crippen LogP contribution in [-0.4, -0.2) is 20.2 Å². The van der Waals surface area contributed by atoms with Gasteiger partial charge in [0, 0.05) is 17.8 Å². The molecular weight excluding hydrogens is 233 g/mol. The highest BCUT2D eigenvalue weighted by atomic mass is 19.1. The molecule has 1 aliphatic carbocycles. The molecule has 94 valence electrons.